The molecule has 0 spiro atoms. The van der Waals surface area contributed by atoms with Gasteiger partial charge in [-0.05, 0) is 19.3 Å². The third-order valence-electron chi connectivity index (χ3n) is 5.91. The van der Waals surface area contributed by atoms with Crippen LogP contribution in [0.15, 0.2) is 30.3 Å². The lowest BCUT2D eigenvalue weighted by Crippen LogP contribution is -2.35. The molecule has 0 bridgehead atoms. The molecule has 1 amide bonds. The fourth-order valence-corrected chi connectivity index (χ4v) is 4.42. The first-order chi connectivity index (χ1) is 13.7. The average molecular weight is 376 g/mol. The molecule has 3 aromatic rings. The topological polar surface area (TPSA) is 68.8 Å². The number of aryl methyl sites for hydroxylation is 2. The lowest BCUT2D eigenvalue weighted by Gasteiger charge is -2.21. The highest BCUT2D eigenvalue weighted by molar-refractivity contribution is 5.91. The highest BCUT2D eigenvalue weighted by atomic mass is 16.2. The van der Waals surface area contributed by atoms with Crippen molar-refractivity contribution in [3.63, 3.8) is 0 Å². The van der Waals surface area contributed by atoms with Crippen molar-refractivity contribution in [2.45, 2.75) is 38.6 Å². The summed E-state index contributed by atoms with van der Waals surface area (Å²) < 4.78 is 3.99. The number of amides is 1. The van der Waals surface area contributed by atoms with Gasteiger partial charge in [0.05, 0.1) is 5.69 Å². The van der Waals surface area contributed by atoms with Gasteiger partial charge in [0, 0.05) is 56.3 Å². The minimum Gasteiger partial charge on any atom is -0.335 e. The maximum Gasteiger partial charge on any atom is 0.291 e. The largest absolute Gasteiger partial charge is 0.335 e. The Morgan fingerprint density at radius 1 is 0.964 bits per heavy atom. The number of nitrogens with zero attached hydrogens (tertiary/aromatic N) is 6. The van der Waals surface area contributed by atoms with E-state index in [2.05, 4.69) is 22.3 Å². The summed E-state index contributed by atoms with van der Waals surface area (Å²) in [6.07, 6.45) is 4.74. The molecule has 7 heteroatoms. The second-order valence-electron chi connectivity index (χ2n) is 7.60. The van der Waals surface area contributed by atoms with Crippen molar-refractivity contribution in [2.24, 2.45) is 7.05 Å². The predicted octanol–water partition coefficient (Wildman–Crippen LogP) is 2.26. The van der Waals surface area contributed by atoms with Crippen LogP contribution in [-0.2, 0) is 32.9 Å². The monoisotopic (exact) mass is 376 g/mol. The molecule has 0 saturated heterocycles. The first-order valence-corrected chi connectivity index (χ1v) is 10.0. The van der Waals surface area contributed by atoms with Crippen LogP contribution in [0, 0.1) is 0 Å². The molecular formula is C21H24N6O. The van der Waals surface area contributed by atoms with Crippen LogP contribution in [-0.4, -0.2) is 48.4 Å². The molecule has 2 aliphatic heterocycles. The van der Waals surface area contributed by atoms with Crippen molar-refractivity contribution in [1.82, 2.24) is 29.4 Å². The number of hydrogen-bond donors (Lipinski definition) is 0. The average Bonchev–Trinajstić information content (AvgIpc) is 3.21. The lowest BCUT2D eigenvalue weighted by atomic mass is 10.0. The van der Waals surface area contributed by atoms with Crippen LogP contribution in [0.4, 0.5) is 0 Å². The zero-order chi connectivity index (χ0) is 19.1. The minimum absolute atomic E-state index is 0.00248. The van der Waals surface area contributed by atoms with Gasteiger partial charge in [-0.25, -0.2) is 0 Å². The van der Waals surface area contributed by atoms with Gasteiger partial charge < -0.3 is 9.47 Å². The Hall–Kier alpha value is -2.96. The number of fused-ring (bicyclic) bond motifs is 2. The zero-order valence-electron chi connectivity index (χ0n) is 16.1. The number of rotatable bonds is 2. The molecule has 0 atom stereocenters. The first-order valence-electron chi connectivity index (χ1n) is 10.0. The van der Waals surface area contributed by atoms with Crippen LogP contribution in [0.1, 0.15) is 40.5 Å². The van der Waals surface area contributed by atoms with E-state index in [1.807, 2.05) is 39.4 Å². The Bertz CT molecular complexity index is 1020. The Balaban J connectivity index is 1.41. The van der Waals surface area contributed by atoms with E-state index in [0.29, 0.717) is 18.9 Å². The van der Waals surface area contributed by atoms with E-state index in [4.69, 9.17) is 5.10 Å². The summed E-state index contributed by atoms with van der Waals surface area (Å²) in [5.74, 6) is 1.45. The van der Waals surface area contributed by atoms with Gasteiger partial charge in [0.25, 0.3) is 5.91 Å². The van der Waals surface area contributed by atoms with Crippen LogP contribution in [0.3, 0.4) is 0 Å². The fourth-order valence-electron chi connectivity index (χ4n) is 4.42. The molecule has 2 aromatic heterocycles. The smallest absolute Gasteiger partial charge is 0.291 e. The Morgan fingerprint density at radius 2 is 1.79 bits per heavy atom. The Kier molecular flexibility index (Phi) is 4.22. The van der Waals surface area contributed by atoms with Crippen LogP contribution in [0.2, 0.25) is 0 Å². The van der Waals surface area contributed by atoms with Crippen molar-refractivity contribution in [2.75, 3.05) is 13.1 Å². The second kappa shape index (κ2) is 6.89. The molecule has 0 unspecified atom stereocenters. The molecule has 0 aliphatic carbocycles. The molecule has 0 saturated carbocycles. The van der Waals surface area contributed by atoms with Gasteiger partial charge >= 0.3 is 0 Å². The molecule has 5 rings (SSSR count). The van der Waals surface area contributed by atoms with Crippen molar-refractivity contribution in [3.05, 3.63) is 53.2 Å². The normalized spacial score (nSPS) is 16.4. The summed E-state index contributed by atoms with van der Waals surface area (Å²) >= 11 is 0. The molecule has 4 heterocycles. The van der Waals surface area contributed by atoms with E-state index in [0.717, 1.165) is 55.7 Å². The number of benzene rings is 1. The molecule has 144 valence electrons. The molecule has 28 heavy (non-hydrogen) atoms. The third-order valence-corrected chi connectivity index (χ3v) is 5.91. The van der Waals surface area contributed by atoms with Gasteiger partial charge in [-0.2, -0.15) is 5.10 Å². The summed E-state index contributed by atoms with van der Waals surface area (Å²) in [5, 5.41) is 13.2. The maximum atomic E-state index is 13.2. The summed E-state index contributed by atoms with van der Waals surface area (Å²) in [4.78, 5) is 15.1. The van der Waals surface area contributed by atoms with Crippen LogP contribution in [0.5, 0.6) is 0 Å². The van der Waals surface area contributed by atoms with Crippen LogP contribution in [0.25, 0.3) is 11.3 Å². The maximum absolute atomic E-state index is 13.2. The molecule has 2 aliphatic rings. The van der Waals surface area contributed by atoms with Crippen molar-refractivity contribution in [1.29, 1.82) is 0 Å². The van der Waals surface area contributed by atoms with Gasteiger partial charge in [0.1, 0.15) is 5.82 Å². The predicted molar refractivity (Wildman–Crippen MR) is 105 cm³/mol. The van der Waals surface area contributed by atoms with Crippen molar-refractivity contribution in [3.8, 4) is 11.3 Å². The minimum atomic E-state index is 0.00248. The van der Waals surface area contributed by atoms with Crippen molar-refractivity contribution >= 4 is 5.91 Å². The summed E-state index contributed by atoms with van der Waals surface area (Å²) in [6, 6.07) is 10.3. The van der Waals surface area contributed by atoms with Gasteiger partial charge in [-0.3, -0.25) is 9.48 Å². The second-order valence-corrected chi connectivity index (χ2v) is 7.60. The van der Waals surface area contributed by atoms with E-state index in [1.165, 1.54) is 11.3 Å². The molecule has 7 nitrogen and oxygen atoms in total. The quantitative estimate of drug-likeness (QED) is 0.688. The van der Waals surface area contributed by atoms with Crippen molar-refractivity contribution < 1.29 is 4.79 Å². The highest BCUT2D eigenvalue weighted by Crippen LogP contribution is 2.28. The highest BCUT2D eigenvalue weighted by Gasteiger charge is 2.29. The van der Waals surface area contributed by atoms with E-state index in [1.54, 1.807) is 0 Å². The summed E-state index contributed by atoms with van der Waals surface area (Å²) in [5.41, 5.74) is 4.64. The Labute approximate surface area is 164 Å². The number of carbonyl (C=O) groups is 1. The van der Waals surface area contributed by atoms with E-state index in [9.17, 15) is 4.79 Å². The third kappa shape index (κ3) is 2.82. The van der Waals surface area contributed by atoms with Gasteiger partial charge in [0.2, 0.25) is 5.82 Å². The lowest BCUT2D eigenvalue weighted by molar-refractivity contribution is 0.0743. The summed E-state index contributed by atoms with van der Waals surface area (Å²) in [6.45, 7) is 2.21. The zero-order valence-corrected chi connectivity index (χ0v) is 16.1. The molecule has 0 N–H and O–H groups in total. The van der Waals surface area contributed by atoms with E-state index in [-0.39, 0.29) is 5.91 Å². The molecule has 0 radical (unpaired) electrons. The number of hydrogen-bond acceptors (Lipinski definition) is 4. The molecule has 1 aromatic carbocycles. The van der Waals surface area contributed by atoms with Gasteiger partial charge in [0.15, 0.2) is 0 Å². The number of aromatic nitrogens is 5. The van der Waals surface area contributed by atoms with E-state index < -0.39 is 0 Å². The van der Waals surface area contributed by atoms with E-state index >= 15 is 0 Å². The first kappa shape index (κ1) is 17.2. The molecular weight excluding hydrogens is 352 g/mol. The SMILES string of the molecule is Cn1nc(-c2ccccc2)c2c1CCN(C(=O)c1nnc3n1CCCC3)CC2. The van der Waals surface area contributed by atoms with Gasteiger partial charge in [-0.15, -0.1) is 10.2 Å². The number of carbonyl (C=O) groups excluding carboxylic acids is 1. The van der Waals surface area contributed by atoms with Gasteiger partial charge in [-0.1, -0.05) is 30.3 Å². The summed E-state index contributed by atoms with van der Waals surface area (Å²) in [7, 11) is 2.00. The molecule has 0 fully saturated rings. The Morgan fingerprint density at radius 3 is 2.64 bits per heavy atom. The standard InChI is InChI=1S/C21H24N6O/c1-25-17-11-14-26(21(28)20-23-22-18-9-5-6-12-27(18)20)13-10-16(17)19(24-25)15-7-3-2-4-8-15/h2-4,7-8H,5-6,9-14H2,1H3. The van der Waals surface area contributed by atoms with Crippen LogP contribution >= 0.6 is 0 Å². The van der Waals surface area contributed by atoms with Crippen LogP contribution < -0.4 is 0 Å². The fraction of sp³-hybridized carbons (Fsp3) is 0.429.